The number of aliphatic hydroxyl groups is 1. The minimum atomic E-state index is -0.856. The molecule has 2 rings (SSSR count). The van der Waals surface area contributed by atoms with Gasteiger partial charge in [-0.25, -0.2) is 0 Å². The minimum Gasteiger partial charge on any atom is -0.385 e. The summed E-state index contributed by atoms with van der Waals surface area (Å²) in [5, 5.41) is 15.5. The van der Waals surface area contributed by atoms with Crippen molar-refractivity contribution in [1.29, 1.82) is 0 Å². The van der Waals surface area contributed by atoms with Crippen molar-refractivity contribution in [3.63, 3.8) is 0 Å². The van der Waals surface area contributed by atoms with Gasteiger partial charge in [-0.1, -0.05) is 55.2 Å². The van der Waals surface area contributed by atoms with Gasteiger partial charge in [0, 0.05) is 33.2 Å². The van der Waals surface area contributed by atoms with Gasteiger partial charge in [-0.2, -0.15) is 0 Å². The predicted octanol–water partition coefficient (Wildman–Crippen LogP) is 5.74. The highest BCUT2D eigenvalue weighted by atomic mass is 35.5. The van der Waals surface area contributed by atoms with E-state index in [0.717, 1.165) is 34.9 Å². The van der Waals surface area contributed by atoms with E-state index in [1.807, 2.05) is 31.2 Å². The zero-order valence-electron chi connectivity index (χ0n) is 14.9. The number of nitrogens with one attached hydrogen (secondary N) is 1. The second-order valence-corrected chi connectivity index (χ2v) is 8.30. The topological polar surface area (TPSA) is 32.3 Å². The maximum absolute atomic E-state index is 10.9. The second-order valence-electron chi connectivity index (χ2n) is 6.41. The molecule has 2 N–H and O–H groups in total. The first-order valence-corrected chi connectivity index (χ1v) is 10.2. The average Bonchev–Trinajstić information content (AvgIpc) is 2.59. The van der Waals surface area contributed by atoms with Crippen molar-refractivity contribution in [2.75, 3.05) is 13.1 Å². The summed E-state index contributed by atoms with van der Waals surface area (Å²) in [5.41, 5.74) is 1.14. The summed E-state index contributed by atoms with van der Waals surface area (Å²) in [6, 6.07) is 13.7. The molecule has 0 heterocycles. The summed E-state index contributed by atoms with van der Waals surface area (Å²) in [6.07, 6.45) is 0. The maximum Gasteiger partial charge on any atom is 0.0906 e. The molecule has 2 aromatic rings. The molecule has 0 fully saturated rings. The van der Waals surface area contributed by atoms with Crippen LogP contribution in [0.1, 0.15) is 31.9 Å². The standard InChI is InChI=1S/C20H25Cl2NOS/c1-4-23-12-14(2)20(3,24)16-6-9-18(10-7-16)25-13-15-5-8-17(21)11-19(15)22/h5-11,14,23-24H,4,12-13H2,1-3H3. The Balaban J connectivity index is 2.01. The fraction of sp³-hybridized carbons (Fsp3) is 0.400. The maximum atomic E-state index is 10.9. The number of hydrogen-bond donors (Lipinski definition) is 2. The third-order valence-electron chi connectivity index (χ3n) is 4.51. The average molecular weight is 398 g/mol. The van der Waals surface area contributed by atoms with E-state index in [9.17, 15) is 5.11 Å². The van der Waals surface area contributed by atoms with Crippen molar-refractivity contribution in [1.82, 2.24) is 5.32 Å². The molecular formula is C20H25Cl2NOS. The van der Waals surface area contributed by atoms with Gasteiger partial charge in [0.05, 0.1) is 5.60 Å². The zero-order valence-corrected chi connectivity index (χ0v) is 17.2. The van der Waals surface area contributed by atoms with Gasteiger partial charge in [0.25, 0.3) is 0 Å². The number of halogens is 2. The Morgan fingerprint density at radius 3 is 2.44 bits per heavy atom. The van der Waals surface area contributed by atoms with Crippen molar-refractivity contribution in [2.45, 2.75) is 37.0 Å². The Labute approximate surface area is 164 Å². The first-order chi connectivity index (χ1) is 11.8. The van der Waals surface area contributed by atoms with Gasteiger partial charge in [0.2, 0.25) is 0 Å². The van der Waals surface area contributed by atoms with E-state index in [-0.39, 0.29) is 5.92 Å². The van der Waals surface area contributed by atoms with Crippen LogP contribution in [0.4, 0.5) is 0 Å². The van der Waals surface area contributed by atoms with Crippen LogP contribution in [0.15, 0.2) is 47.4 Å². The number of hydrogen-bond acceptors (Lipinski definition) is 3. The summed E-state index contributed by atoms with van der Waals surface area (Å²) >= 11 is 13.9. The van der Waals surface area contributed by atoms with Gasteiger partial charge in [0.15, 0.2) is 0 Å². The highest BCUT2D eigenvalue weighted by molar-refractivity contribution is 7.98. The van der Waals surface area contributed by atoms with E-state index in [2.05, 4.69) is 31.3 Å². The van der Waals surface area contributed by atoms with Crippen LogP contribution < -0.4 is 5.32 Å². The van der Waals surface area contributed by atoms with Crippen molar-refractivity contribution in [2.24, 2.45) is 5.92 Å². The third-order valence-corrected chi connectivity index (χ3v) is 6.16. The molecule has 0 aromatic heterocycles. The molecule has 2 aromatic carbocycles. The number of thioether (sulfide) groups is 1. The van der Waals surface area contributed by atoms with E-state index in [1.165, 1.54) is 0 Å². The monoisotopic (exact) mass is 397 g/mol. The lowest BCUT2D eigenvalue weighted by molar-refractivity contribution is 0.00205. The molecule has 0 saturated heterocycles. The lowest BCUT2D eigenvalue weighted by Gasteiger charge is -2.31. The van der Waals surface area contributed by atoms with Gasteiger partial charge < -0.3 is 10.4 Å². The first kappa shape index (κ1) is 20.6. The molecule has 2 atom stereocenters. The largest absolute Gasteiger partial charge is 0.385 e. The van der Waals surface area contributed by atoms with Crippen LogP contribution in [-0.2, 0) is 11.4 Å². The summed E-state index contributed by atoms with van der Waals surface area (Å²) in [6.45, 7) is 7.71. The normalized spacial score (nSPS) is 15.0. The van der Waals surface area contributed by atoms with Crippen molar-refractivity contribution >= 4 is 35.0 Å². The van der Waals surface area contributed by atoms with Crippen LogP contribution in [0.5, 0.6) is 0 Å². The van der Waals surface area contributed by atoms with Crippen LogP contribution in [0.3, 0.4) is 0 Å². The molecule has 5 heteroatoms. The fourth-order valence-corrected chi connectivity index (χ4v) is 3.99. The van der Waals surface area contributed by atoms with E-state index in [1.54, 1.807) is 17.8 Å². The summed E-state index contributed by atoms with van der Waals surface area (Å²) in [5.74, 6) is 0.904. The Bertz CT molecular complexity index is 689. The molecule has 0 amide bonds. The Hall–Kier alpha value is -0.710. The molecular weight excluding hydrogens is 373 g/mol. The molecule has 0 bridgehead atoms. The molecule has 0 radical (unpaired) electrons. The molecule has 0 saturated carbocycles. The minimum absolute atomic E-state index is 0.124. The molecule has 0 spiro atoms. The van der Waals surface area contributed by atoms with Crippen LogP contribution in [0.25, 0.3) is 0 Å². The van der Waals surface area contributed by atoms with E-state index in [4.69, 9.17) is 23.2 Å². The highest BCUT2D eigenvalue weighted by Gasteiger charge is 2.29. The molecule has 2 unspecified atom stereocenters. The van der Waals surface area contributed by atoms with Crippen molar-refractivity contribution in [3.05, 3.63) is 63.6 Å². The third kappa shape index (κ3) is 5.63. The predicted molar refractivity (Wildman–Crippen MR) is 110 cm³/mol. The van der Waals surface area contributed by atoms with E-state index >= 15 is 0 Å². The summed E-state index contributed by atoms with van der Waals surface area (Å²) in [7, 11) is 0. The van der Waals surface area contributed by atoms with Crippen LogP contribution in [-0.4, -0.2) is 18.2 Å². The quantitative estimate of drug-likeness (QED) is 0.557. The molecule has 2 nitrogen and oxygen atoms in total. The van der Waals surface area contributed by atoms with Gasteiger partial charge in [-0.15, -0.1) is 11.8 Å². The van der Waals surface area contributed by atoms with Crippen molar-refractivity contribution in [3.8, 4) is 0 Å². The lowest BCUT2D eigenvalue weighted by atomic mass is 9.84. The number of rotatable bonds is 8. The summed E-state index contributed by atoms with van der Waals surface area (Å²) < 4.78 is 0. The fourth-order valence-electron chi connectivity index (χ4n) is 2.53. The molecule has 0 aliphatic rings. The van der Waals surface area contributed by atoms with E-state index < -0.39 is 5.60 Å². The Morgan fingerprint density at radius 1 is 1.16 bits per heavy atom. The first-order valence-electron chi connectivity index (χ1n) is 8.45. The van der Waals surface area contributed by atoms with Gasteiger partial charge >= 0.3 is 0 Å². The van der Waals surface area contributed by atoms with E-state index in [0.29, 0.717) is 10.0 Å². The van der Waals surface area contributed by atoms with Crippen LogP contribution >= 0.6 is 35.0 Å². The molecule has 0 aliphatic heterocycles. The van der Waals surface area contributed by atoms with Crippen molar-refractivity contribution < 1.29 is 5.11 Å². The van der Waals surface area contributed by atoms with Crippen LogP contribution in [0.2, 0.25) is 10.0 Å². The zero-order chi connectivity index (χ0) is 18.4. The van der Waals surface area contributed by atoms with Gasteiger partial charge in [0.1, 0.15) is 0 Å². The Kier molecular flexibility index (Phi) is 7.66. The SMILES string of the molecule is CCNCC(C)C(C)(O)c1ccc(SCc2ccc(Cl)cc2Cl)cc1. The molecule has 0 aliphatic carbocycles. The van der Waals surface area contributed by atoms with Gasteiger partial charge in [-0.05, 0) is 48.9 Å². The lowest BCUT2D eigenvalue weighted by Crippen LogP contribution is -2.36. The second kappa shape index (κ2) is 9.29. The molecule has 25 heavy (non-hydrogen) atoms. The Morgan fingerprint density at radius 2 is 1.84 bits per heavy atom. The summed E-state index contributed by atoms with van der Waals surface area (Å²) in [4.78, 5) is 1.14. The van der Waals surface area contributed by atoms with Gasteiger partial charge in [-0.3, -0.25) is 0 Å². The highest BCUT2D eigenvalue weighted by Crippen LogP contribution is 2.32. The molecule has 136 valence electrons. The number of benzene rings is 2. The van der Waals surface area contributed by atoms with Crippen LogP contribution in [0, 0.1) is 5.92 Å². The smallest absolute Gasteiger partial charge is 0.0906 e.